The molecule has 6 nitrogen and oxygen atoms in total. The minimum atomic E-state index is -4.10. The third-order valence-electron chi connectivity index (χ3n) is 2.01. The van der Waals surface area contributed by atoms with Crippen molar-refractivity contribution in [3.8, 4) is 0 Å². The Kier molecular flexibility index (Phi) is 4.28. The number of nitrogens with one attached hydrogen (secondary N) is 1. The zero-order valence-electron chi connectivity index (χ0n) is 9.75. The molecular formula is C10H14N2O4S2. The average molecular weight is 290 g/mol. The van der Waals surface area contributed by atoms with Crippen LogP contribution in [-0.2, 0) is 20.0 Å². The largest absolute Gasteiger partial charge is 0.242 e. The molecule has 0 spiro atoms. The van der Waals surface area contributed by atoms with Crippen molar-refractivity contribution in [3.05, 3.63) is 36.4 Å². The van der Waals surface area contributed by atoms with Gasteiger partial charge >= 0.3 is 0 Å². The molecule has 0 aliphatic rings. The second-order valence-corrected chi connectivity index (χ2v) is 7.04. The highest BCUT2D eigenvalue weighted by molar-refractivity contribution is 7.92. The maximum Gasteiger partial charge on any atom is 0.242 e. The molecule has 1 aromatic rings. The molecule has 0 aromatic heterocycles. The first-order valence-corrected chi connectivity index (χ1v) is 7.93. The van der Waals surface area contributed by atoms with Crippen molar-refractivity contribution in [2.45, 2.75) is 16.7 Å². The Balaban J connectivity index is 3.30. The lowest BCUT2D eigenvalue weighted by Crippen LogP contribution is -2.27. The molecular weight excluding hydrogens is 276 g/mol. The molecule has 1 rings (SSSR count). The fourth-order valence-corrected chi connectivity index (χ4v) is 3.68. The summed E-state index contributed by atoms with van der Waals surface area (Å²) in [6, 6.07) is 5.15. The van der Waals surface area contributed by atoms with Gasteiger partial charge in [0.05, 0.1) is 0 Å². The third kappa shape index (κ3) is 3.64. The lowest BCUT2D eigenvalue weighted by atomic mass is 10.4. The zero-order valence-corrected chi connectivity index (χ0v) is 11.4. The van der Waals surface area contributed by atoms with Crippen molar-refractivity contribution in [1.82, 2.24) is 4.72 Å². The van der Waals surface area contributed by atoms with E-state index < -0.39 is 24.9 Å². The van der Waals surface area contributed by atoms with E-state index in [4.69, 9.17) is 5.14 Å². The summed E-state index contributed by atoms with van der Waals surface area (Å²) in [6.45, 7) is 5.23. The monoisotopic (exact) mass is 290 g/mol. The van der Waals surface area contributed by atoms with Crippen LogP contribution in [0.4, 0.5) is 0 Å². The van der Waals surface area contributed by atoms with Crippen LogP contribution in [0.15, 0.2) is 46.2 Å². The van der Waals surface area contributed by atoms with Crippen molar-refractivity contribution < 1.29 is 16.8 Å². The smallest absolute Gasteiger partial charge is 0.225 e. The van der Waals surface area contributed by atoms with Gasteiger partial charge in [0.1, 0.15) is 9.79 Å². The Morgan fingerprint density at radius 2 is 1.72 bits per heavy atom. The Morgan fingerprint density at radius 3 is 2.17 bits per heavy atom. The lowest BCUT2D eigenvalue weighted by Gasteiger charge is -2.09. The molecule has 0 radical (unpaired) electrons. The molecule has 0 unspecified atom stereocenters. The maximum absolute atomic E-state index is 11.9. The van der Waals surface area contributed by atoms with E-state index >= 15 is 0 Å². The number of hydrogen-bond donors (Lipinski definition) is 2. The summed E-state index contributed by atoms with van der Waals surface area (Å²) in [7, 11) is -8.04. The number of hydrogen-bond acceptors (Lipinski definition) is 4. The number of benzene rings is 1. The molecule has 1 aromatic carbocycles. The van der Waals surface area contributed by atoms with E-state index in [1.54, 1.807) is 6.92 Å². The molecule has 0 saturated carbocycles. The van der Waals surface area contributed by atoms with Crippen molar-refractivity contribution in [2.75, 3.05) is 6.54 Å². The molecule has 3 N–H and O–H groups in total. The molecule has 8 heteroatoms. The van der Waals surface area contributed by atoms with Crippen LogP contribution in [0.2, 0.25) is 0 Å². The predicted molar refractivity (Wildman–Crippen MR) is 67.8 cm³/mol. The molecule has 0 amide bonds. The van der Waals surface area contributed by atoms with Crippen LogP contribution < -0.4 is 9.86 Å². The molecule has 0 saturated heterocycles. The normalized spacial score (nSPS) is 12.3. The van der Waals surface area contributed by atoms with E-state index in [0.29, 0.717) is 5.57 Å². The third-order valence-corrected chi connectivity index (χ3v) is 4.57. The van der Waals surface area contributed by atoms with E-state index in [9.17, 15) is 16.8 Å². The number of sulfonamides is 2. The van der Waals surface area contributed by atoms with Crippen LogP contribution in [0.1, 0.15) is 6.92 Å². The maximum atomic E-state index is 11.9. The first kappa shape index (κ1) is 14.8. The van der Waals surface area contributed by atoms with Crippen molar-refractivity contribution in [3.63, 3.8) is 0 Å². The van der Waals surface area contributed by atoms with Crippen LogP contribution in [0.3, 0.4) is 0 Å². The minimum Gasteiger partial charge on any atom is -0.225 e. The van der Waals surface area contributed by atoms with Gasteiger partial charge in [-0.3, -0.25) is 0 Å². The fraction of sp³-hybridized carbons (Fsp3) is 0.200. The van der Waals surface area contributed by atoms with Crippen LogP contribution in [0.25, 0.3) is 0 Å². The van der Waals surface area contributed by atoms with Gasteiger partial charge in [0, 0.05) is 6.54 Å². The van der Waals surface area contributed by atoms with Crippen LogP contribution in [0, 0.1) is 0 Å². The van der Waals surface area contributed by atoms with Gasteiger partial charge < -0.3 is 0 Å². The zero-order chi connectivity index (χ0) is 14.0. The summed E-state index contributed by atoms with van der Waals surface area (Å²) in [6.07, 6.45) is 0. The molecule has 18 heavy (non-hydrogen) atoms. The van der Waals surface area contributed by atoms with Gasteiger partial charge in [-0.05, 0) is 19.1 Å². The Morgan fingerprint density at radius 1 is 1.22 bits per heavy atom. The van der Waals surface area contributed by atoms with Gasteiger partial charge in [0.25, 0.3) is 0 Å². The summed E-state index contributed by atoms with van der Waals surface area (Å²) in [5, 5.41) is 4.97. The first-order valence-electron chi connectivity index (χ1n) is 4.90. The van der Waals surface area contributed by atoms with Crippen molar-refractivity contribution >= 4 is 20.0 Å². The van der Waals surface area contributed by atoms with E-state index in [2.05, 4.69) is 11.3 Å². The van der Waals surface area contributed by atoms with E-state index in [0.717, 1.165) is 6.07 Å². The molecule has 100 valence electrons. The highest BCUT2D eigenvalue weighted by Gasteiger charge is 2.23. The summed E-state index contributed by atoms with van der Waals surface area (Å²) >= 11 is 0. The van der Waals surface area contributed by atoms with Gasteiger partial charge in [0.2, 0.25) is 20.0 Å². The molecule has 0 fully saturated rings. The summed E-state index contributed by atoms with van der Waals surface area (Å²) in [4.78, 5) is -0.798. The second-order valence-electron chi connectivity index (χ2n) is 3.77. The molecule has 0 atom stereocenters. The summed E-state index contributed by atoms with van der Waals surface area (Å²) < 4.78 is 48.7. The Hall–Kier alpha value is -1.22. The predicted octanol–water partition coefficient (Wildman–Crippen LogP) is 0.188. The van der Waals surface area contributed by atoms with Gasteiger partial charge in [-0.1, -0.05) is 24.3 Å². The summed E-state index contributed by atoms with van der Waals surface area (Å²) in [5.41, 5.74) is 0.603. The van der Waals surface area contributed by atoms with Gasteiger partial charge in [-0.25, -0.2) is 26.7 Å². The Labute approximate surface area is 107 Å². The summed E-state index contributed by atoms with van der Waals surface area (Å²) in [5.74, 6) is 0. The molecule has 0 heterocycles. The standard InChI is InChI=1S/C10H14N2O4S2/c1-8(2)7-12-18(15,16)10-6-4-3-5-9(10)17(11,13)14/h3-6,12H,1,7H2,2H3,(H2,11,13,14). The quantitative estimate of drug-likeness (QED) is 0.755. The van der Waals surface area contributed by atoms with Gasteiger partial charge in [0.15, 0.2) is 0 Å². The minimum absolute atomic E-state index is 0.0291. The molecule has 0 bridgehead atoms. The lowest BCUT2D eigenvalue weighted by molar-refractivity contribution is 0.575. The van der Waals surface area contributed by atoms with E-state index in [1.165, 1.54) is 18.2 Å². The van der Waals surface area contributed by atoms with Crippen molar-refractivity contribution in [2.24, 2.45) is 5.14 Å². The molecule has 0 aliphatic carbocycles. The molecule has 0 aliphatic heterocycles. The van der Waals surface area contributed by atoms with Crippen molar-refractivity contribution in [1.29, 1.82) is 0 Å². The van der Waals surface area contributed by atoms with Crippen LogP contribution >= 0.6 is 0 Å². The van der Waals surface area contributed by atoms with E-state index in [1.807, 2.05) is 0 Å². The number of rotatable bonds is 5. The highest BCUT2D eigenvalue weighted by atomic mass is 32.2. The first-order chi connectivity index (χ1) is 8.14. The van der Waals surface area contributed by atoms with Gasteiger partial charge in [-0.2, -0.15) is 0 Å². The average Bonchev–Trinajstić information content (AvgIpc) is 2.25. The fourth-order valence-electron chi connectivity index (χ4n) is 1.20. The topological polar surface area (TPSA) is 106 Å². The highest BCUT2D eigenvalue weighted by Crippen LogP contribution is 2.18. The number of nitrogens with two attached hydrogens (primary N) is 1. The van der Waals surface area contributed by atoms with Crippen LogP contribution in [-0.4, -0.2) is 23.4 Å². The second kappa shape index (κ2) is 5.19. The SMILES string of the molecule is C=C(C)CNS(=O)(=O)c1ccccc1S(N)(=O)=O. The van der Waals surface area contributed by atoms with Gasteiger partial charge in [-0.15, -0.1) is 0 Å². The van der Waals surface area contributed by atoms with Crippen LogP contribution in [0.5, 0.6) is 0 Å². The Bertz CT molecular complexity index is 663. The van der Waals surface area contributed by atoms with E-state index in [-0.39, 0.29) is 11.4 Å². The number of primary sulfonamides is 1.